The lowest BCUT2D eigenvalue weighted by Gasteiger charge is -2.38. The van der Waals surface area contributed by atoms with Crippen LogP contribution in [0, 0.1) is 35.0 Å². The van der Waals surface area contributed by atoms with Gasteiger partial charge in [-0.25, -0.2) is 0 Å². The van der Waals surface area contributed by atoms with Gasteiger partial charge < -0.3 is 20.4 Å². The molecule has 0 unspecified atom stereocenters. The average molecular weight is 834 g/mol. The van der Waals surface area contributed by atoms with Crippen molar-refractivity contribution >= 4 is 37.5 Å². The Morgan fingerprint density at radius 2 is 1.09 bits per heavy atom. The summed E-state index contributed by atoms with van der Waals surface area (Å²) in [7, 11) is 0. The molecule has 0 aromatic heterocycles. The Morgan fingerprint density at radius 3 is 1.60 bits per heavy atom. The largest absolute Gasteiger partial charge is 0.508 e. The van der Waals surface area contributed by atoms with Gasteiger partial charge in [0.25, 0.3) is 0 Å². The predicted molar refractivity (Wildman–Crippen MR) is 241 cm³/mol. The molecule has 0 bridgehead atoms. The summed E-state index contributed by atoms with van der Waals surface area (Å²) < 4.78 is 1.09. The lowest BCUT2D eigenvalue weighted by Crippen LogP contribution is -2.27. The molecule has 0 radical (unpaired) electrons. The molecule has 296 valence electrons. The van der Waals surface area contributed by atoms with Crippen LogP contribution < -0.4 is 0 Å². The third-order valence-electron chi connectivity index (χ3n) is 13.3. The number of aliphatic hydroxyl groups is 2. The van der Waals surface area contributed by atoms with E-state index in [4.69, 9.17) is 6.42 Å². The quantitative estimate of drug-likeness (QED) is 0.115. The molecular formula is C53H53BrO4. The summed E-state index contributed by atoms with van der Waals surface area (Å²) in [5.74, 6) is 10.6. The highest BCUT2D eigenvalue weighted by molar-refractivity contribution is 9.10. The smallest absolute Gasteiger partial charge is 0.116 e. The normalized spacial score (nSPS) is 24.8. The monoisotopic (exact) mass is 832 g/mol. The molecular weight excluding hydrogens is 780 g/mol. The van der Waals surface area contributed by atoms with Gasteiger partial charge in [-0.1, -0.05) is 91.4 Å². The highest BCUT2D eigenvalue weighted by Gasteiger charge is 2.48. The number of phenolic OH excluding ortho intramolecular Hbond substituents is 2. The number of terminal acetylenes is 1. The van der Waals surface area contributed by atoms with Crippen molar-refractivity contribution in [1.82, 2.24) is 0 Å². The molecule has 4 nitrogen and oxygen atoms in total. The number of halogens is 1. The predicted octanol–water partition coefficient (Wildman–Crippen LogP) is 11.9. The van der Waals surface area contributed by atoms with E-state index < -0.39 is 0 Å². The van der Waals surface area contributed by atoms with Crippen molar-refractivity contribution in [2.24, 2.45) is 10.8 Å². The molecule has 4 aliphatic rings. The number of hydrogen-bond donors (Lipinski definition) is 4. The van der Waals surface area contributed by atoms with Crippen molar-refractivity contribution in [3.8, 4) is 35.7 Å². The Balaban J connectivity index is 0.000000150. The minimum absolute atomic E-state index is 0. The van der Waals surface area contributed by atoms with Gasteiger partial charge >= 0.3 is 0 Å². The first-order valence-electron chi connectivity index (χ1n) is 20.1. The van der Waals surface area contributed by atoms with Gasteiger partial charge in [-0.15, -0.1) is 6.42 Å². The van der Waals surface area contributed by atoms with Crippen LogP contribution in [0.2, 0.25) is 0 Å². The average Bonchev–Trinajstić information content (AvgIpc) is 3.71. The number of benzene rings is 6. The molecule has 5 heteroatoms. The third kappa shape index (κ3) is 8.02. The van der Waals surface area contributed by atoms with Crippen LogP contribution in [0.15, 0.2) is 114 Å². The van der Waals surface area contributed by atoms with Gasteiger partial charge in [0, 0.05) is 21.2 Å². The van der Waals surface area contributed by atoms with E-state index in [1.807, 2.05) is 84.9 Å². The number of fused-ring (bicyclic) bond motifs is 10. The van der Waals surface area contributed by atoms with Crippen LogP contribution in [0.1, 0.15) is 111 Å². The van der Waals surface area contributed by atoms with Crippen LogP contribution in [0.25, 0.3) is 21.5 Å². The summed E-state index contributed by atoms with van der Waals surface area (Å²) in [4.78, 5) is 0. The van der Waals surface area contributed by atoms with Crippen molar-refractivity contribution in [2.45, 2.75) is 96.7 Å². The van der Waals surface area contributed by atoms with E-state index in [1.54, 1.807) is 12.1 Å². The van der Waals surface area contributed by atoms with Crippen LogP contribution in [-0.2, 0) is 12.8 Å². The van der Waals surface area contributed by atoms with Crippen molar-refractivity contribution < 1.29 is 20.4 Å². The van der Waals surface area contributed by atoms with Crippen molar-refractivity contribution in [2.75, 3.05) is 0 Å². The fourth-order valence-corrected chi connectivity index (χ4v) is 11.0. The Morgan fingerprint density at radius 1 is 0.603 bits per heavy atom. The van der Waals surface area contributed by atoms with Crippen molar-refractivity contribution in [1.29, 1.82) is 0 Å². The van der Waals surface area contributed by atoms with Gasteiger partial charge in [0.2, 0.25) is 0 Å². The number of rotatable bonds is 0. The highest BCUT2D eigenvalue weighted by Crippen LogP contribution is 2.58. The Kier molecular flexibility index (Phi) is 11.8. The minimum atomic E-state index is -0.223. The molecule has 58 heavy (non-hydrogen) atoms. The Hall–Kier alpha value is -5.04. The first-order chi connectivity index (χ1) is 27.4. The van der Waals surface area contributed by atoms with Gasteiger partial charge in [-0.05, 0) is 191 Å². The van der Waals surface area contributed by atoms with Crippen LogP contribution in [0.4, 0.5) is 0 Å². The molecule has 0 amide bonds. The van der Waals surface area contributed by atoms with E-state index >= 15 is 0 Å². The maximum Gasteiger partial charge on any atom is 0.116 e. The summed E-state index contributed by atoms with van der Waals surface area (Å²) in [6.45, 7) is 4.64. The molecule has 4 N–H and O–H groups in total. The number of hydrogen-bond acceptors (Lipinski definition) is 4. The fourth-order valence-electron chi connectivity index (χ4n) is 10.4. The molecule has 6 aromatic rings. The van der Waals surface area contributed by atoms with Crippen LogP contribution in [0.5, 0.6) is 11.5 Å². The standard InChI is InChI=1S/C26H24O2.C18H19BrO2.C8H6.CH4/c1-26-12-11-22-23-14-19(27)9-10-21(23)18(8-7-17-5-3-2-4-6-17)13-24(22)25(26)15-20(28)16-26;1-18-5-4-12-14-6-10(20)2-3-13(14)17(19)8-15(12)16(18)7-11(21)9-18;1-2-8-6-4-3-5-7-8;/h2-6,9-10,13-14,20,25,27-28H,11-12,15-16H2,1H3;2-3,6,8,11,16,20-21H,4-5,7,9H2,1H3;1,3-7H;1H4/t20-,25+,26-;11-,16+,18-;;/m11../s1. The summed E-state index contributed by atoms with van der Waals surface area (Å²) in [5, 5.41) is 45.0. The van der Waals surface area contributed by atoms with Crippen LogP contribution in [0.3, 0.4) is 0 Å². The van der Waals surface area contributed by atoms with E-state index in [2.05, 4.69) is 59.7 Å². The Labute approximate surface area is 352 Å². The minimum Gasteiger partial charge on any atom is -0.508 e. The van der Waals surface area contributed by atoms with Gasteiger partial charge in [0.05, 0.1) is 12.2 Å². The molecule has 0 spiro atoms. The number of phenols is 2. The van der Waals surface area contributed by atoms with Gasteiger partial charge in [0.15, 0.2) is 0 Å². The molecule has 0 aliphatic heterocycles. The number of aliphatic hydroxyl groups excluding tert-OH is 2. The lowest BCUT2D eigenvalue weighted by atomic mass is 9.66. The first kappa shape index (κ1) is 41.1. The fraction of sp³-hybridized carbons (Fsp3) is 0.321. The summed E-state index contributed by atoms with van der Waals surface area (Å²) >= 11 is 3.69. The molecule has 2 saturated carbocycles. The second-order valence-electron chi connectivity index (χ2n) is 17.1. The molecule has 4 aliphatic carbocycles. The van der Waals surface area contributed by atoms with E-state index in [9.17, 15) is 20.4 Å². The zero-order chi connectivity index (χ0) is 39.9. The second kappa shape index (κ2) is 16.7. The summed E-state index contributed by atoms with van der Waals surface area (Å²) in [5.41, 5.74) is 8.68. The van der Waals surface area contributed by atoms with Crippen LogP contribution >= 0.6 is 15.9 Å². The molecule has 0 heterocycles. The first-order valence-corrected chi connectivity index (χ1v) is 20.9. The Bertz CT molecular complexity index is 2560. The maximum absolute atomic E-state index is 10.4. The highest BCUT2D eigenvalue weighted by atomic mass is 79.9. The van der Waals surface area contributed by atoms with E-state index in [-0.39, 0.29) is 30.5 Å². The molecule has 0 saturated heterocycles. The van der Waals surface area contributed by atoms with Crippen LogP contribution in [-0.4, -0.2) is 32.6 Å². The maximum atomic E-state index is 10.4. The van der Waals surface area contributed by atoms with Crippen molar-refractivity contribution in [3.63, 3.8) is 0 Å². The zero-order valence-corrected chi connectivity index (χ0v) is 34.2. The number of aromatic hydroxyl groups is 2. The molecule has 2 fully saturated rings. The molecule has 6 atom stereocenters. The SMILES string of the molecule is C.C#Cc1ccccc1.C[C@]12CCc3c(cc(Br)c4ccc(O)cc34)[C@@H]1C[C@@H](O)C2.C[C@]12CCc3c(cc(C#Cc4ccccc4)c4ccc(O)cc34)[C@@H]1C[C@@H](O)C2. The van der Waals surface area contributed by atoms with E-state index in [1.165, 1.54) is 22.3 Å². The lowest BCUT2D eigenvalue weighted by molar-refractivity contribution is 0.159. The van der Waals surface area contributed by atoms with Gasteiger partial charge in [-0.2, -0.15) is 0 Å². The number of aryl methyl sites for hydroxylation is 2. The zero-order valence-electron chi connectivity index (χ0n) is 32.6. The van der Waals surface area contributed by atoms with E-state index in [0.717, 1.165) is 94.1 Å². The molecule has 10 rings (SSSR count). The third-order valence-corrected chi connectivity index (χ3v) is 13.9. The summed E-state index contributed by atoms with van der Waals surface area (Å²) in [6, 6.07) is 35.3. The van der Waals surface area contributed by atoms with Gasteiger partial charge in [0.1, 0.15) is 11.5 Å². The van der Waals surface area contributed by atoms with Gasteiger partial charge in [-0.3, -0.25) is 0 Å². The second-order valence-corrected chi connectivity index (χ2v) is 18.0. The topological polar surface area (TPSA) is 80.9 Å². The van der Waals surface area contributed by atoms with Crippen molar-refractivity contribution in [3.05, 3.63) is 153 Å². The van der Waals surface area contributed by atoms with E-state index in [0.29, 0.717) is 23.3 Å². The molecule has 6 aromatic carbocycles. The summed E-state index contributed by atoms with van der Waals surface area (Å²) in [6.07, 6.45) is 12.4.